The molecule has 0 radical (unpaired) electrons. The monoisotopic (exact) mass is 290 g/mol. The Labute approximate surface area is 123 Å². The number of hydrogen-bond donors (Lipinski definition) is 0. The van der Waals surface area contributed by atoms with Gasteiger partial charge in [-0.25, -0.2) is 0 Å². The molecule has 1 heterocycles. The summed E-state index contributed by atoms with van der Waals surface area (Å²) in [5.74, 6) is 2.69. The first-order valence-electron chi connectivity index (χ1n) is 6.74. The Balaban J connectivity index is 1.97. The molecule has 1 aromatic carbocycles. The number of carbonyl (C=O) groups is 1. The molecule has 5 heteroatoms. The summed E-state index contributed by atoms with van der Waals surface area (Å²) in [4.78, 5) is 14.2. The molecular formula is C15H18N2O2S. The van der Waals surface area contributed by atoms with E-state index in [0.717, 1.165) is 31.0 Å². The second-order valence-corrected chi connectivity index (χ2v) is 5.92. The fourth-order valence-electron chi connectivity index (χ4n) is 2.12. The minimum atomic E-state index is -0.521. The van der Waals surface area contributed by atoms with Gasteiger partial charge in [0.2, 0.25) is 0 Å². The maximum Gasteiger partial charge on any atom is 0.263 e. The lowest BCUT2D eigenvalue weighted by molar-refractivity contribution is -0.137. The van der Waals surface area contributed by atoms with Crippen molar-refractivity contribution in [1.82, 2.24) is 4.90 Å². The Morgan fingerprint density at radius 1 is 1.45 bits per heavy atom. The molecule has 1 aliphatic rings. The molecule has 1 aliphatic heterocycles. The molecule has 1 aromatic rings. The Morgan fingerprint density at radius 2 is 2.30 bits per heavy atom. The summed E-state index contributed by atoms with van der Waals surface area (Å²) in [7, 11) is 0. The van der Waals surface area contributed by atoms with Crippen LogP contribution in [0.1, 0.15) is 18.9 Å². The van der Waals surface area contributed by atoms with Crippen molar-refractivity contribution in [2.24, 2.45) is 0 Å². The first kappa shape index (κ1) is 14.7. The summed E-state index contributed by atoms with van der Waals surface area (Å²) < 4.78 is 5.66. The molecule has 1 amide bonds. The second-order valence-electron chi connectivity index (χ2n) is 4.69. The highest BCUT2D eigenvalue weighted by molar-refractivity contribution is 7.99. The molecule has 106 valence electrons. The summed E-state index contributed by atoms with van der Waals surface area (Å²) in [5.41, 5.74) is 0.535. The van der Waals surface area contributed by atoms with Crippen molar-refractivity contribution in [3.63, 3.8) is 0 Å². The summed E-state index contributed by atoms with van der Waals surface area (Å²) in [5, 5.41) is 8.86. The lowest BCUT2D eigenvalue weighted by atomic mass is 10.2. The third kappa shape index (κ3) is 3.91. The van der Waals surface area contributed by atoms with Crippen LogP contribution >= 0.6 is 11.8 Å². The van der Waals surface area contributed by atoms with Crippen LogP contribution in [0.5, 0.6) is 5.75 Å². The van der Waals surface area contributed by atoms with Crippen LogP contribution in [0, 0.1) is 11.3 Å². The number of nitriles is 1. The van der Waals surface area contributed by atoms with Gasteiger partial charge in [0.25, 0.3) is 5.91 Å². The Kier molecular flexibility index (Phi) is 5.31. The van der Waals surface area contributed by atoms with E-state index >= 15 is 0 Å². The van der Waals surface area contributed by atoms with Crippen molar-refractivity contribution in [2.45, 2.75) is 19.4 Å². The fourth-order valence-corrected chi connectivity index (χ4v) is 3.00. The predicted molar refractivity (Wildman–Crippen MR) is 79.8 cm³/mol. The summed E-state index contributed by atoms with van der Waals surface area (Å²) in [6, 6.07) is 8.96. The lowest BCUT2D eigenvalue weighted by Gasteiger charge is -2.24. The molecule has 4 nitrogen and oxygen atoms in total. The van der Waals surface area contributed by atoms with Gasteiger partial charge in [-0.3, -0.25) is 4.79 Å². The largest absolute Gasteiger partial charge is 0.481 e. The molecule has 0 spiro atoms. The third-order valence-corrected chi connectivity index (χ3v) is 4.21. The van der Waals surface area contributed by atoms with Crippen molar-refractivity contribution in [1.29, 1.82) is 5.26 Å². The van der Waals surface area contributed by atoms with Crippen LogP contribution in [-0.2, 0) is 4.79 Å². The maximum absolute atomic E-state index is 12.3. The van der Waals surface area contributed by atoms with E-state index < -0.39 is 6.10 Å². The standard InChI is InChI=1S/C15H18N2O2S/c1-12(15(18)17-6-3-8-20-9-7-17)19-14-5-2-4-13(10-14)11-16/h2,4-5,10,12H,3,6-9H2,1H3/t12-/m1/s1. The van der Waals surface area contributed by atoms with Gasteiger partial charge in [0.15, 0.2) is 6.10 Å². The van der Waals surface area contributed by atoms with E-state index in [-0.39, 0.29) is 5.91 Å². The van der Waals surface area contributed by atoms with E-state index in [1.165, 1.54) is 0 Å². The molecule has 0 saturated carbocycles. The minimum absolute atomic E-state index is 0.0230. The van der Waals surface area contributed by atoms with Crippen LogP contribution in [0.15, 0.2) is 24.3 Å². The highest BCUT2D eigenvalue weighted by atomic mass is 32.2. The first-order valence-corrected chi connectivity index (χ1v) is 7.89. The van der Waals surface area contributed by atoms with E-state index in [2.05, 4.69) is 6.07 Å². The molecule has 1 fully saturated rings. The number of thioether (sulfide) groups is 1. The molecule has 0 unspecified atom stereocenters. The smallest absolute Gasteiger partial charge is 0.263 e. The van der Waals surface area contributed by atoms with E-state index in [1.54, 1.807) is 31.2 Å². The molecular weight excluding hydrogens is 272 g/mol. The van der Waals surface area contributed by atoms with Crippen molar-refractivity contribution < 1.29 is 9.53 Å². The van der Waals surface area contributed by atoms with Crippen LogP contribution in [0.4, 0.5) is 0 Å². The third-order valence-electron chi connectivity index (χ3n) is 3.16. The quantitative estimate of drug-likeness (QED) is 0.857. The number of carbonyl (C=O) groups excluding carboxylic acids is 1. The molecule has 0 N–H and O–H groups in total. The molecule has 0 aromatic heterocycles. The van der Waals surface area contributed by atoms with Gasteiger partial charge in [-0.1, -0.05) is 6.07 Å². The van der Waals surface area contributed by atoms with Crippen LogP contribution in [0.3, 0.4) is 0 Å². The average molecular weight is 290 g/mol. The Bertz CT molecular complexity index is 505. The molecule has 0 bridgehead atoms. The van der Waals surface area contributed by atoms with Gasteiger partial charge in [0, 0.05) is 18.8 Å². The molecule has 0 aliphatic carbocycles. The topological polar surface area (TPSA) is 53.3 Å². The number of nitrogens with zero attached hydrogens (tertiary/aromatic N) is 2. The SMILES string of the molecule is C[C@@H](Oc1cccc(C#N)c1)C(=O)N1CCCSCC1. The Morgan fingerprint density at radius 3 is 3.10 bits per heavy atom. The van der Waals surface area contributed by atoms with Crippen LogP contribution in [-0.4, -0.2) is 41.5 Å². The van der Waals surface area contributed by atoms with Crippen molar-refractivity contribution in [3.8, 4) is 11.8 Å². The zero-order chi connectivity index (χ0) is 14.4. The van der Waals surface area contributed by atoms with Crippen molar-refractivity contribution in [3.05, 3.63) is 29.8 Å². The highest BCUT2D eigenvalue weighted by Crippen LogP contribution is 2.16. The summed E-state index contributed by atoms with van der Waals surface area (Å²) >= 11 is 1.89. The van der Waals surface area contributed by atoms with Crippen molar-refractivity contribution in [2.75, 3.05) is 24.6 Å². The zero-order valence-electron chi connectivity index (χ0n) is 11.5. The summed E-state index contributed by atoms with van der Waals surface area (Å²) in [6.45, 7) is 3.35. The number of benzene rings is 1. The van der Waals surface area contributed by atoms with Gasteiger partial charge in [0.1, 0.15) is 5.75 Å². The predicted octanol–water partition coefficient (Wildman–Crippen LogP) is 2.29. The molecule has 1 atom stereocenters. The molecule has 20 heavy (non-hydrogen) atoms. The first-order chi connectivity index (χ1) is 9.70. The normalized spacial score (nSPS) is 16.9. The van der Waals surface area contributed by atoms with E-state index in [0.29, 0.717) is 11.3 Å². The highest BCUT2D eigenvalue weighted by Gasteiger charge is 2.22. The number of rotatable bonds is 3. The van der Waals surface area contributed by atoms with Crippen LogP contribution in [0.2, 0.25) is 0 Å². The van der Waals surface area contributed by atoms with Gasteiger partial charge >= 0.3 is 0 Å². The van der Waals surface area contributed by atoms with Gasteiger partial charge in [-0.05, 0) is 37.3 Å². The second kappa shape index (κ2) is 7.20. The van der Waals surface area contributed by atoms with Gasteiger partial charge in [0.05, 0.1) is 11.6 Å². The average Bonchev–Trinajstić information content (AvgIpc) is 2.75. The minimum Gasteiger partial charge on any atom is -0.481 e. The van der Waals surface area contributed by atoms with Gasteiger partial charge < -0.3 is 9.64 Å². The van der Waals surface area contributed by atoms with E-state index in [9.17, 15) is 4.79 Å². The van der Waals surface area contributed by atoms with Crippen LogP contribution < -0.4 is 4.74 Å². The van der Waals surface area contributed by atoms with E-state index in [1.807, 2.05) is 16.7 Å². The summed E-state index contributed by atoms with van der Waals surface area (Å²) in [6.07, 6.45) is 0.514. The fraction of sp³-hybridized carbons (Fsp3) is 0.467. The number of amides is 1. The van der Waals surface area contributed by atoms with Gasteiger partial charge in [-0.15, -0.1) is 0 Å². The lowest BCUT2D eigenvalue weighted by Crippen LogP contribution is -2.41. The number of ether oxygens (including phenoxy) is 1. The molecule has 2 rings (SSSR count). The van der Waals surface area contributed by atoms with Crippen molar-refractivity contribution >= 4 is 17.7 Å². The van der Waals surface area contributed by atoms with Gasteiger partial charge in [-0.2, -0.15) is 17.0 Å². The number of hydrogen-bond acceptors (Lipinski definition) is 4. The van der Waals surface area contributed by atoms with E-state index in [4.69, 9.17) is 10.00 Å². The Hall–Kier alpha value is -1.67. The maximum atomic E-state index is 12.3. The van der Waals surface area contributed by atoms with Crippen LogP contribution in [0.25, 0.3) is 0 Å². The zero-order valence-corrected chi connectivity index (χ0v) is 12.4. The molecule has 1 saturated heterocycles.